The fraction of sp³-hybridized carbons (Fsp3) is 0.281. The van der Waals surface area contributed by atoms with Gasteiger partial charge in [-0.2, -0.15) is 0 Å². The largest absolute Gasteiger partial charge is 0.494 e. The number of unbranched alkanes of at least 4 members (excludes halogenated alkanes) is 1. The van der Waals surface area contributed by atoms with E-state index in [1.54, 1.807) is 12.5 Å². The first kappa shape index (κ1) is 26.0. The van der Waals surface area contributed by atoms with Gasteiger partial charge in [0.25, 0.3) is 0 Å². The molecule has 0 aliphatic carbocycles. The summed E-state index contributed by atoms with van der Waals surface area (Å²) in [5.41, 5.74) is 3.61. The van der Waals surface area contributed by atoms with Crippen molar-refractivity contribution in [2.75, 3.05) is 44.8 Å². The van der Waals surface area contributed by atoms with E-state index in [-0.39, 0.29) is 0 Å². The van der Waals surface area contributed by atoms with Crippen molar-refractivity contribution < 1.29 is 14.2 Å². The van der Waals surface area contributed by atoms with Crippen molar-refractivity contribution >= 4 is 33.3 Å². The Morgan fingerprint density at radius 3 is 2.70 bits per heavy atom. The quantitative estimate of drug-likeness (QED) is 0.203. The molecule has 1 saturated heterocycles. The van der Waals surface area contributed by atoms with Crippen LogP contribution in [0.5, 0.6) is 17.2 Å². The molecule has 0 bridgehead atoms. The Hall–Kier alpha value is -4.27. The van der Waals surface area contributed by atoms with Crippen molar-refractivity contribution in [3.63, 3.8) is 0 Å². The molecule has 0 saturated carbocycles. The third-order valence-electron chi connectivity index (χ3n) is 7.10. The highest BCUT2D eigenvalue weighted by atomic mass is 16.5. The number of anilines is 2. The van der Waals surface area contributed by atoms with Crippen molar-refractivity contribution in [2.45, 2.75) is 19.8 Å². The summed E-state index contributed by atoms with van der Waals surface area (Å²) < 4.78 is 17.8. The number of aryl methyl sites for hydroxylation is 1. The summed E-state index contributed by atoms with van der Waals surface area (Å²) in [4.78, 5) is 15.9. The number of nitrogens with one attached hydrogen (secondary N) is 1. The van der Waals surface area contributed by atoms with Crippen molar-refractivity contribution in [2.24, 2.45) is 0 Å². The highest BCUT2D eigenvalue weighted by molar-refractivity contribution is 5.91. The summed E-state index contributed by atoms with van der Waals surface area (Å²) in [6.45, 7) is 7.53. The molecule has 5 aromatic rings. The number of ether oxygens (including phenoxy) is 3. The number of hydrogen-bond donors (Lipinski definition) is 1. The third kappa shape index (κ3) is 6.14. The van der Waals surface area contributed by atoms with E-state index in [0.29, 0.717) is 6.61 Å². The summed E-state index contributed by atoms with van der Waals surface area (Å²) in [6, 6.07) is 21.9. The van der Waals surface area contributed by atoms with Crippen molar-refractivity contribution in [3.05, 3.63) is 84.8 Å². The Bertz CT molecular complexity index is 1600. The van der Waals surface area contributed by atoms with E-state index in [0.717, 1.165) is 102 Å². The predicted octanol–water partition coefficient (Wildman–Crippen LogP) is 6.51. The molecular formula is C32H33N5O3. The molecule has 1 aliphatic rings. The number of fused-ring (bicyclic) bond motifs is 2. The van der Waals surface area contributed by atoms with Crippen LogP contribution in [0.1, 0.15) is 18.4 Å². The summed E-state index contributed by atoms with van der Waals surface area (Å²) in [5.74, 6) is 3.06. The Balaban J connectivity index is 1.11. The van der Waals surface area contributed by atoms with Crippen molar-refractivity contribution in [3.8, 4) is 17.2 Å². The molecule has 3 aromatic carbocycles. The van der Waals surface area contributed by atoms with Crippen LogP contribution in [-0.2, 0) is 4.74 Å². The first-order valence-corrected chi connectivity index (χ1v) is 13.8. The molecule has 0 radical (unpaired) electrons. The van der Waals surface area contributed by atoms with E-state index in [4.69, 9.17) is 14.2 Å². The normalized spacial score (nSPS) is 13.9. The van der Waals surface area contributed by atoms with Gasteiger partial charge in [-0.05, 0) is 80.4 Å². The van der Waals surface area contributed by atoms with Crippen LogP contribution in [-0.4, -0.2) is 59.3 Å². The summed E-state index contributed by atoms with van der Waals surface area (Å²) in [6.07, 6.45) is 5.48. The Kier molecular flexibility index (Phi) is 7.97. The minimum absolute atomic E-state index is 0.680. The first-order valence-electron chi connectivity index (χ1n) is 13.8. The molecule has 6 rings (SSSR count). The van der Waals surface area contributed by atoms with Crippen LogP contribution >= 0.6 is 0 Å². The lowest BCUT2D eigenvalue weighted by Crippen LogP contribution is -2.36. The molecule has 204 valence electrons. The lowest BCUT2D eigenvalue weighted by Gasteiger charge is -2.26. The molecule has 0 amide bonds. The van der Waals surface area contributed by atoms with Gasteiger partial charge < -0.3 is 19.5 Å². The maximum atomic E-state index is 6.26. The molecule has 8 nitrogen and oxygen atoms in total. The van der Waals surface area contributed by atoms with Gasteiger partial charge in [0.15, 0.2) is 5.75 Å². The highest BCUT2D eigenvalue weighted by Gasteiger charge is 2.11. The van der Waals surface area contributed by atoms with Crippen LogP contribution in [0, 0.1) is 6.92 Å². The second kappa shape index (κ2) is 12.3. The van der Waals surface area contributed by atoms with Gasteiger partial charge in [-0.25, -0.2) is 9.97 Å². The zero-order valence-corrected chi connectivity index (χ0v) is 22.7. The maximum Gasteiger partial charge on any atom is 0.153 e. The van der Waals surface area contributed by atoms with Crippen LogP contribution in [0.3, 0.4) is 0 Å². The molecule has 1 fully saturated rings. The lowest BCUT2D eigenvalue weighted by molar-refractivity contribution is 0.0368. The van der Waals surface area contributed by atoms with Crippen LogP contribution in [0.25, 0.3) is 21.8 Å². The monoisotopic (exact) mass is 535 g/mol. The number of pyridine rings is 1. The van der Waals surface area contributed by atoms with Gasteiger partial charge >= 0.3 is 0 Å². The number of rotatable bonds is 10. The fourth-order valence-electron chi connectivity index (χ4n) is 4.93. The SMILES string of the molecule is Cc1cc(Nc2ncnc3ccc(OCCCCN4CCOCC4)cc23)ccc1Oc1cccc2cccnc12. The average Bonchev–Trinajstić information content (AvgIpc) is 2.99. The van der Waals surface area contributed by atoms with Gasteiger partial charge in [-0.3, -0.25) is 9.88 Å². The maximum absolute atomic E-state index is 6.26. The molecule has 0 unspecified atom stereocenters. The van der Waals surface area contributed by atoms with Gasteiger partial charge in [-0.1, -0.05) is 18.2 Å². The van der Waals surface area contributed by atoms with Gasteiger partial charge in [0.2, 0.25) is 0 Å². The summed E-state index contributed by atoms with van der Waals surface area (Å²) in [5, 5.41) is 5.41. The second-order valence-electron chi connectivity index (χ2n) is 9.95. The molecular weight excluding hydrogens is 502 g/mol. The topological polar surface area (TPSA) is 81.6 Å². The zero-order chi connectivity index (χ0) is 27.1. The zero-order valence-electron chi connectivity index (χ0n) is 22.7. The number of morpholine rings is 1. The third-order valence-corrected chi connectivity index (χ3v) is 7.10. The smallest absolute Gasteiger partial charge is 0.153 e. The van der Waals surface area contributed by atoms with Gasteiger partial charge in [0.1, 0.15) is 29.2 Å². The fourth-order valence-corrected chi connectivity index (χ4v) is 4.93. The van der Waals surface area contributed by atoms with E-state index in [2.05, 4.69) is 31.2 Å². The second-order valence-corrected chi connectivity index (χ2v) is 9.95. The molecule has 1 aliphatic heterocycles. The predicted molar refractivity (Wildman–Crippen MR) is 158 cm³/mol. The number of hydrogen-bond acceptors (Lipinski definition) is 8. The number of nitrogens with zero attached hydrogens (tertiary/aromatic N) is 4. The molecule has 0 atom stereocenters. The minimum atomic E-state index is 0.680. The number of para-hydroxylation sites is 1. The van der Waals surface area contributed by atoms with Crippen molar-refractivity contribution in [1.82, 2.24) is 19.9 Å². The molecule has 40 heavy (non-hydrogen) atoms. The van der Waals surface area contributed by atoms with E-state index >= 15 is 0 Å². The number of benzene rings is 3. The van der Waals surface area contributed by atoms with Crippen LogP contribution in [0.4, 0.5) is 11.5 Å². The minimum Gasteiger partial charge on any atom is -0.494 e. The van der Waals surface area contributed by atoms with Gasteiger partial charge in [-0.15, -0.1) is 0 Å². The summed E-state index contributed by atoms with van der Waals surface area (Å²) in [7, 11) is 0. The Labute approximate surface area is 233 Å². The standard InChI is InChI=1S/C32H33N5O3/c1-23-20-25(9-12-29(23)40-30-8-4-6-24-7-5-13-33-31(24)30)36-32-27-21-26(10-11-28(27)34-22-35-32)39-17-3-2-14-37-15-18-38-19-16-37/h4-13,20-22H,2-3,14-19H2,1H3,(H,34,35,36). The van der Waals surface area contributed by atoms with Crippen LogP contribution < -0.4 is 14.8 Å². The Morgan fingerprint density at radius 1 is 0.900 bits per heavy atom. The molecule has 8 heteroatoms. The highest BCUT2D eigenvalue weighted by Crippen LogP contribution is 2.33. The van der Waals surface area contributed by atoms with Gasteiger partial charge in [0, 0.05) is 35.7 Å². The van der Waals surface area contributed by atoms with E-state index < -0.39 is 0 Å². The van der Waals surface area contributed by atoms with Gasteiger partial charge in [0.05, 0.1) is 25.3 Å². The summed E-state index contributed by atoms with van der Waals surface area (Å²) >= 11 is 0. The molecule has 0 spiro atoms. The number of aromatic nitrogens is 3. The average molecular weight is 536 g/mol. The van der Waals surface area contributed by atoms with Crippen molar-refractivity contribution in [1.29, 1.82) is 0 Å². The van der Waals surface area contributed by atoms with Crippen LogP contribution in [0.2, 0.25) is 0 Å². The first-order chi connectivity index (χ1) is 19.7. The van der Waals surface area contributed by atoms with E-state index in [1.807, 2.05) is 67.6 Å². The van der Waals surface area contributed by atoms with Crippen LogP contribution in [0.15, 0.2) is 79.3 Å². The van der Waals surface area contributed by atoms with E-state index in [1.165, 1.54) is 0 Å². The van der Waals surface area contributed by atoms with E-state index in [9.17, 15) is 0 Å². The molecule has 2 aromatic heterocycles. The lowest BCUT2D eigenvalue weighted by atomic mass is 10.1. The Morgan fingerprint density at radius 2 is 1.80 bits per heavy atom. The molecule has 3 heterocycles. The molecule has 1 N–H and O–H groups in total.